The first-order valence-electron chi connectivity index (χ1n) is 30.6. The third-order valence-corrected chi connectivity index (χ3v) is 12.2. The molecule has 0 N–H and O–H groups in total. The maximum absolute atomic E-state index is 9.93. The number of hydrogen-bond donors (Lipinski definition) is 0. The van der Waals surface area contributed by atoms with E-state index in [2.05, 4.69) is 50.2 Å². The fourth-order valence-electron chi connectivity index (χ4n) is 9.19. The second-order valence-electron chi connectivity index (χ2n) is 16.1. The summed E-state index contributed by atoms with van der Waals surface area (Å²) in [5.74, 6) is -1.37. The molecule has 0 aliphatic heterocycles. The van der Waals surface area contributed by atoms with Crippen molar-refractivity contribution >= 4 is 43.6 Å². The topological polar surface area (TPSA) is 48.5 Å². The molecule has 0 unspecified atom stereocenters. The lowest BCUT2D eigenvalue weighted by atomic mass is 9.82. The normalized spacial score (nSPS) is 17.2. The Bertz CT molecular complexity index is 4950. The first-order chi connectivity index (χ1) is 40.3. The Morgan fingerprint density at radius 3 is 1.63 bits per heavy atom. The first kappa shape index (κ1) is 22.3. The van der Waals surface area contributed by atoms with Crippen molar-refractivity contribution in [3.63, 3.8) is 0 Å². The number of fused-ring (bicyclic) bond motifs is 9. The zero-order valence-electron chi connectivity index (χ0n) is 54.4. The maximum Gasteiger partial charge on any atom is 0.240 e. The van der Waals surface area contributed by atoms with Crippen LogP contribution >= 0.6 is 0 Å². The van der Waals surface area contributed by atoms with Crippen LogP contribution in [0.5, 0.6) is 0 Å². The van der Waals surface area contributed by atoms with Crippen molar-refractivity contribution < 1.29 is 27.4 Å². The zero-order valence-corrected chi connectivity index (χ0v) is 34.4. The molecule has 0 saturated heterocycles. The fourth-order valence-corrected chi connectivity index (χ4v) is 9.19. The van der Waals surface area contributed by atoms with Crippen molar-refractivity contribution in [2.45, 2.75) is 19.3 Å². The number of aromatic nitrogens is 5. The van der Waals surface area contributed by atoms with Crippen LogP contribution in [-0.4, -0.2) is 24.1 Å². The van der Waals surface area contributed by atoms with Gasteiger partial charge in [0.05, 0.1) is 49.5 Å². The standard InChI is InChI=1S/C60H41N5/c1-60(2)50-25-10-6-23-49(50)56-44(24-15-26-51(56)60)43-19-14-18-41(36-43)39-30-32-40(33-31-39)57-61-58(64-52-27-11-7-20-45(52)46-21-8-12-28-53(46)64)63-59(62-57)65-54-29-13-9-22-47(54)48-35-34-42(37-55(48)65)38-16-4-3-5-17-38/h3-37H,1-2H3/i3D,4D,5D,7D,8D,9D,11D,12D,13D,16D,17D,20D,21D,22D,27D,28D,29D,34D,35D,37D. The molecule has 65 heavy (non-hydrogen) atoms. The molecule has 3 heterocycles. The Morgan fingerprint density at radius 2 is 0.938 bits per heavy atom. The minimum absolute atomic E-state index is 0.227. The summed E-state index contributed by atoms with van der Waals surface area (Å²) >= 11 is 0. The van der Waals surface area contributed by atoms with Crippen LogP contribution in [0.3, 0.4) is 0 Å². The largest absolute Gasteiger partial charge is 0.278 e. The summed E-state index contributed by atoms with van der Waals surface area (Å²) in [6.07, 6.45) is 0. The number of para-hydroxylation sites is 3. The summed E-state index contributed by atoms with van der Waals surface area (Å²) in [4.78, 5) is 14.6. The summed E-state index contributed by atoms with van der Waals surface area (Å²) in [6, 6.07) is 14.6. The molecule has 0 atom stereocenters. The molecule has 1 aliphatic rings. The van der Waals surface area contributed by atoms with Gasteiger partial charge in [-0.3, -0.25) is 9.13 Å². The average Bonchev–Trinajstić information content (AvgIpc) is 1.60. The molecular weight excluding hydrogens is 791 g/mol. The van der Waals surface area contributed by atoms with Crippen molar-refractivity contribution in [2.24, 2.45) is 0 Å². The Hall–Kier alpha value is -8.41. The minimum atomic E-state index is -0.822. The van der Waals surface area contributed by atoms with E-state index in [1.807, 2.05) is 30.3 Å². The monoisotopic (exact) mass is 851 g/mol. The van der Waals surface area contributed by atoms with E-state index >= 15 is 0 Å². The number of benzene rings is 9. The fraction of sp³-hybridized carbons (Fsp3) is 0.0500. The van der Waals surface area contributed by atoms with Crippen LogP contribution in [0.1, 0.15) is 52.4 Å². The van der Waals surface area contributed by atoms with Gasteiger partial charge in [-0.2, -0.15) is 15.0 Å². The molecule has 0 fully saturated rings. The lowest BCUT2D eigenvalue weighted by Gasteiger charge is -2.21. The van der Waals surface area contributed by atoms with Crippen LogP contribution in [0, 0.1) is 0 Å². The molecule has 5 heteroatoms. The SMILES string of the molecule is [2H]c1c([2H])c([2H])c(-c2c([2H])c([2H])c3c4c([2H])c([2H])c([2H])c([2H])c4n(-c4nc(-c5ccc(-c6cccc(-c7cccc8c7-c7ccccc7C8(C)C)c6)cc5)nc(-n5c6c([2H])c([2H])c([2H])c([2H])c6c6c([2H])c([2H])c([2H])c([2H])c65)n4)c3c2[2H])c([2H])c1[2H]. The number of hydrogen-bond acceptors (Lipinski definition) is 3. The molecule has 0 spiro atoms. The van der Waals surface area contributed by atoms with Crippen molar-refractivity contribution in [1.82, 2.24) is 24.1 Å². The molecule has 0 amide bonds. The van der Waals surface area contributed by atoms with Gasteiger partial charge < -0.3 is 0 Å². The van der Waals surface area contributed by atoms with Crippen molar-refractivity contribution in [3.8, 4) is 67.8 Å². The van der Waals surface area contributed by atoms with Gasteiger partial charge in [-0.15, -0.1) is 0 Å². The highest BCUT2D eigenvalue weighted by Gasteiger charge is 2.36. The Labute approximate surface area is 404 Å². The Kier molecular flexibility index (Phi) is 4.91. The van der Waals surface area contributed by atoms with Gasteiger partial charge in [0.15, 0.2) is 5.82 Å². The van der Waals surface area contributed by atoms with E-state index in [1.54, 1.807) is 24.3 Å². The molecule has 5 nitrogen and oxygen atoms in total. The van der Waals surface area contributed by atoms with Crippen molar-refractivity contribution in [2.75, 3.05) is 0 Å². The quantitative estimate of drug-likeness (QED) is 0.167. The van der Waals surface area contributed by atoms with Gasteiger partial charge >= 0.3 is 0 Å². The Balaban J connectivity index is 1.12. The van der Waals surface area contributed by atoms with Gasteiger partial charge in [0.1, 0.15) is 0 Å². The van der Waals surface area contributed by atoms with Gasteiger partial charge in [-0.1, -0.05) is 195 Å². The summed E-state index contributed by atoms with van der Waals surface area (Å²) < 4.78 is 182. The highest BCUT2D eigenvalue weighted by atomic mass is 15.3. The highest BCUT2D eigenvalue weighted by Crippen LogP contribution is 2.52. The molecule has 0 bridgehead atoms. The van der Waals surface area contributed by atoms with Crippen LogP contribution in [-0.2, 0) is 5.41 Å². The van der Waals surface area contributed by atoms with Crippen LogP contribution < -0.4 is 0 Å². The smallest absolute Gasteiger partial charge is 0.240 e. The van der Waals surface area contributed by atoms with E-state index in [4.69, 9.17) is 32.8 Å². The minimum Gasteiger partial charge on any atom is -0.278 e. The molecule has 13 rings (SSSR count). The molecule has 0 radical (unpaired) electrons. The third kappa shape index (κ3) is 5.75. The predicted octanol–water partition coefficient (Wildman–Crippen LogP) is 15.0. The molecule has 9 aromatic carbocycles. The average molecular weight is 852 g/mol. The molecule has 0 saturated carbocycles. The number of rotatable bonds is 6. The first-order valence-corrected chi connectivity index (χ1v) is 20.6. The number of nitrogens with zero attached hydrogens (tertiary/aromatic N) is 5. The second-order valence-corrected chi connectivity index (χ2v) is 16.1. The van der Waals surface area contributed by atoms with E-state index in [1.165, 1.54) is 11.1 Å². The van der Waals surface area contributed by atoms with Gasteiger partial charge in [0.25, 0.3) is 0 Å². The lowest BCUT2D eigenvalue weighted by Crippen LogP contribution is -2.14. The van der Waals surface area contributed by atoms with E-state index in [0.717, 1.165) is 42.5 Å². The highest BCUT2D eigenvalue weighted by molar-refractivity contribution is 6.11. The molecule has 3 aromatic heterocycles. The van der Waals surface area contributed by atoms with Crippen LogP contribution in [0.25, 0.3) is 111 Å². The third-order valence-electron chi connectivity index (χ3n) is 12.2. The summed E-state index contributed by atoms with van der Waals surface area (Å²) in [5.41, 5.74) is 5.35. The Morgan fingerprint density at radius 1 is 0.400 bits per heavy atom. The summed E-state index contributed by atoms with van der Waals surface area (Å²) in [6.45, 7) is 4.43. The van der Waals surface area contributed by atoms with Gasteiger partial charge in [-0.05, 0) is 85.9 Å². The van der Waals surface area contributed by atoms with Gasteiger partial charge in [0.2, 0.25) is 11.9 Å². The van der Waals surface area contributed by atoms with Gasteiger partial charge in [-0.25, -0.2) is 0 Å². The van der Waals surface area contributed by atoms with Crippen LogP contribution in [0.2, 0.25) is 0 Å². The van der Waals surface area contributed by atoms with Gasteiger partial charge in [0, 0.05) is 32.5 Å². The molecule has 306 valence electrons. The van der Waals surface area contributed by atoms with Crippen molar-refractivity contribution in [3.05, 3.63) is 223 Å². The zero-order chi connectivity index (χ0) is 60.6. The van der Waals surface area contributed by atoms with E-state index in [0.29, 0.717) is 0 Å². The maximum atomic E-state index is 9.93. The van der Waals surface area contributed by atoms with E-state index in [9.17, 15) is 9.60 Å². The summed E-state index contributed by atoms with van der Waals surface area (Å²) in [5, 5.41) is -1.43. The molecule has 1 aliphatic carbocycles. The summed E-state index contributed by atoms with van der Waals surface area (Å²) in [7, 11) is 0. The van der Waals surface area contributed by atoms with Crippen LogP contribution in [0.15, 0.2) is 212 Å². The van der Waals surface area contributed by atoms with Crippen molar-refractivity contribution in [1.29, 1.82) is 0 Å². The van der Waals surface area contributed by atoms with E-state index in [-0.39, 0.29) is 44.0 Å². The van der Waals surface area contributed by atoms with E-state index < -0.39 is 160 Å². The lowest BCUT2D eigenvalue weighted by molar-refractivity contribution is 0.660. The second kappa shape index (κ2) is 14.3. The van der Waals surface area contributed by atoms with Crippen LogP contribution in [0.4, 0.5) is 0 Å². The molecule has 12 aromatic rings. The predicted molar refractivity (Wildman–Crippen MR) is 268 cm³/mol. The molecular formula is C60H41N5.